The van der Waals surface area contributed by atoms with Crippen molar-refractivity contribution in [1.29, 1.82) is 0 Å². The molecule has 0 bridgehead atoms. The molecule has 1 aliphatic heterocycles. The van der Waals surface area contributed by atoms with Gasteiger partial charge in [-0.2, -0.15) is 11.8 Å². The van der Waals surface area contributed by atoms with Gasteiger partial charge in [0, 0.05) is 6.42 Å². The van der Waals surface area contributed by atoms with Gasteiger partial charge in [-0.1, -0.05) is 37.9 Å². The van der Waals surface area contributed by atoms with Crippen LogP contribution in [0.15, 0.2) is 0 Å². The Labute approximate surface area is 131 Å². The number of amides is 1. The molecule has 1 amide bonds. The zero-order chi connectivity index (χ0) is 14.4. The quantitative estimate of drug-likeness (QED) is 0.619. The van der Waals surface area contributed by atoms with E-state index in [2.05, 4.69) is 5.32 Å². The lowest BCUT2D eigenvalue weighted by atomic mass is 9.89. The van der Waals surface area contributed by atoms with Crippen molar-refractivity contribution in [2.75, 3.05) is 11.5 Å². The first-order valence-electron chi connectivity index (χ1n) is 7.81. The molecular formula is C15H26N2OS2. The van der Waals surface area contributed by atoms with Crippen molar-refractivity contribution in [3.63, 3.8) is 0 Å². The molecule has 20 heavy (non-hydrogen) atoms. The fourth-order valence-corrected chi connectivity index (χ4v) is 4.76. The molecule has 0 aromatic carbocycles. The van der Waals surface area contributed by atoms with E-state index < -0.39 is 5.54 Å². The highest BCUT2D eigenvalue weighted by molar-refractivity contribution is 7.99. The SMILES string of the molecule is NC(=S)C1(NC(=O)CC2CCSCC2)CCCCCC1. The first-order valence-corrected chi connectivity index (χ1v) is 9.37. The third-order valence-corrected chi connectivity index (χ3v) is 6.06. The van der Waals surface area contributed by atoms with Gasteiger partial charge in [0.15, 0.2) is 0 Å². The van der Waals surface area contributed by atoms with Crippen LogP contribution in [0.25, 0.3) is 0 Å². The second-order valence-corrected chi connectivity index (χ2v) is 7.83. The summed E-state index contributed by atoms with van der Waals surface area (Å²) in [6, 6.07) is 0. The van der Waals surface area contributed by atoms with Crippen LogP contribution in [-0.4, -0.2) is 27.9 Å². The number of rotatable bonds is 4. The van der Waals surface area contributed by atoms with Crippen molar-refractivity contribution in [2.45, 2.75) is 63.3 Å². The topological polar surface area (TPSA) is 55.1 Å². The molecule has 3 N–H and O–H groups in total. The van der Waals surface area contributed by atoms with E-state index in [1.165, 1.54) is 24.3 Å². The highest BCUT2D eigenvalue weighted by Crippen LogP contribution is 2.29. The minimum Gasteiger partial charge on any atom is -0.391 e. The molecule has 0 spiro atoms. The van der Waals surface area contributed by atoms with Crippen LogP contribution in [-0.2, 0) is 4.79 Å². The normalized spacial score (nSPS) is 23.8. The first-order chi connectivity index (χ1) is 9.62. The smallest absolute Gasteiger partial charge is 0.221 e. The van der Waals surface area contributed by atoms with E-state index in [0.717, 1.165) is 38.5 Å². The molecule has 5 heteroatoms. The molecule has 1 saturated heterocycles. The molecule has 1 heterocycles. The van der Waals surface area contributed by atoms with Crippen LogP contribution in [0, 0.1) is 5.92 Å². The highest BCUT2D eigenvalue weighted by atomic mass is 32.2. The number of carbonyl (C=O) groups is 1. The summed E-state index contributed by atoms with van der Waals surface area (Å²) in [7, 11) is 0. The van der Waals surface area contributed by atoms with Gasteiger partial charge in [-0.3, -0.25) is 4.79 Å². The van der Waals surface area contributed by atoms with Gasteiger partial charge in [-0.15, -0.1) is 0 Å². The maximum atomic E-state index is 12.4. The fraction of sp³-hybridized carbons (Fsp3) is 0.867. The molecule has 2 rings (SSSR count). The van der Waals surface area contributed by atoms with Crippen LogP contribution in [0.1, 0.15) is 57.8 Å². The maximum Gasteiger partial charge on any atom is 0.221 e. The minimum absolute atomic E-state index is 0.150. The molecule has 0 radical (unpaired) electrons. The molecular weight excluding hydrogens is 288 g/mol. The number of carbonyl (C=O) groups excluding carboxylic acids is 1. The average Bonchev–Trinajstić information content (AvgIpc) is 2.66. The predicted octanol–water partition coefficient (Wildman–Crippen LogP) is 3.02. The van der Waals surface area contributed by atoms with Gasteiger partial charge in [0.25, 0.3) is 0 Å². The summed E-state index contributed by atoms with van der Waals surface area (Å²) in [6.07, 6.45) is 9.46. The van der Waals surface area contributed by atoms with Gasteiger partial charge in [0.1, 0.15) is 0 Å². The van der Waals surface area contributed by atoms with Crippen molar-refractivity contribution < 1.29 is 4.79 Å². The summed E-state index contributed by atoms with van der Waals surface area (Å²) in [5.74, 6) is 3.08. The fourth-order valence-electron chi connectivity index (χ4n) is 3.30. The van der Waals surface area contributed by atoms with Crippen LogP contribution in [0.4, 0.5) is 0 Å². The summed E-state index contributed by atoms with van der Waals surface area (Å²) >= 11 is 7.27. The van der Waals surface area contributed by atoms with Gasteiger partial charge in [0.05, 0.1) is 10.5 Å². The molecule has 0 aromatic heterocycles. The standard InChI is InChI=1S/C15H26N2OS2/c16-14(19)15(7-3-1-2-4-8-15)17-13(18)11-12-5-9-20-10-6-12/h12H,1-11H2,(H2,16,19)(H,17,18). The maximum absolute atomic E-state index is 12.4. The van der Waals surface area contributed by atoms with E-state index in [0.29, 0.717) is 17.3 Å². The van der Waals surface area contributed by atoms with Gasteiger partial charge < -0.3 is 11.1 Å². The zero-order valence-electron chi connectivity index (χ0n) is 12.2. The molecule has 0 aromatic rings. The van der Waals surface area contributed by atoms with E-state index in [9.17, 15) is 4.79 Å². The molecule has 0 atom stereocenters. The lowest BCUT2D eigenvalue weighted by Crippen LogP contribution is -2.56. The molecule has 114 valence electrons. The summed E-state index contributed by atoms with van der Waals surface area (Å²) < 4.78 is 0. The van der Waals surface area contributed by atoms with E-state index in [4.69, 9.17) is 18.0 Å². The van der Waals surface area contributed by atoms with Crippen LogP contribution < -0.4 is 11.1 Å². The molecule has 1 saturated carbocycles. The summed E-state index contributed by atoms with van der Waals surface area (Å²) in [4.78, 5) is 12.8. The number of thiocarbonyl (C=S) groups is 1. The minimum atomic E-state index is -0.410. The van der Waals surface area contributed by atoms with Crippen molar-refractivity contribution >= 4 is 34.9 Å². The second kappa shape index (κ2) is 7.64. The number of nitrogens with one attached hydrogen (secondary N) is 1. The van der Waals surface area contributed by atoms with Crippen LogP contribution in [0.5, 0.6) is 0 Å². The van der Waals surface area contributed by atoms with Gasteiger partial charge >= 0.3 is 0 Å². The Kier molecular flexibility index (Phi) is 6.15. The van der Waals surface area contributed by atoms with Crippen LogP contribution >= 0.6 is 24.0 Å². The van der Waals surface area contributed by atoms with Crippen LogP contribution in [0.2, 0.25) is 0 Å². The van der Waals surface area contributed by atoms with Gasteiger partial charge in [0.2, 0.25) is 5.91 Å². The summed E-state index contributed by atoms with van der Waals surface area (Å²) in [5.41, 5.74) is 5.56. The number of hydrogen-bond donors (Lipinski definition) is 2. The Morgan fingerprint density at radius 1 is 1.20 bits per heavy atom. The molecule has 3 nitrogen and oxygen atoms in total. The molecule has 0 unspecified atom stereocenters. The highest BCUT2D eigenvalue weighted by Gasteiger charge is 2.35. The van der Waals surface area contributed by atoms with Gasteiger partial charge in [-0.05, 0) is 43.1 Å². The Balaban J connectivity index is 1.92. The van der Waals surface area contributed by atoms with Crippen LogP contribution in [0.3, 0.4) is 0 Å². The number of nitrogens with two attached hydrogens (primary N) is 1. The molecule has 1 aliphatic carbocycles. The second-order valence-electron chi connectivity index (χ2n) is 6.17. The number of thioether (sulfide) groups is 1. The largest absolute Gasteiger partial charge is 0.391 e. The zero-order valence-corrected chi connectivity index (χ0v) is 13.8. The third-order valence-electron chi connectivity index (χ3n) is 4.62. The van der Waals surface area contributed by atoms with E-state index in [1.54, 1.807) is 0 Å². The Bertz CT molecular complexity index is 346. The van der Waals surface area contributed by atoms with E-state index >= 15 is 0 Å². The monoisotopic (exact) mass is 314 g/mol. The Morgan fingerprint density at radius 2 is 1.80 bits per heavy atom. The average molecular weight is 315 g/mol. The first kappa shape index (κ1) is 16.1. The Hall–Kier alpha value is -0.290. The van der Waals surface area contributed by atoms with Crippen molar-refractivity contribution in [2.24, 2.45) is 11.7 Å². The van der Waals surface area contributed by atoms with Crippen molar-refractivity contribution in [3.05, 3.63) is 0 Å². The Morgan fingerprint density at radius 3 is 2.35 bits per heavy atom. The summed E-state index contributed by atoms with van der Waals surface area (Å²) in [6.45, 7) is 0. The van der Waals surface area contributed by atoms with E-state index in [-0.39, 0.29) is 5.91 Å². The molecule has 2 aliphatic rings. The number of hydrogen-bond acceptors (Lipinski definition) is 3. The predicted molar refractivity (Wildman–Crippen MR) is 90.0 cm³/mol. The van der Waals surface area contributed by atoms with Crippen molar-refractivity contribution in [3.8, 4) is 0 Å². The summed E-state index contributed by atoms with van der Waals surface area (Å²) in [5, 5.41) is 3.21. The van der Waals surface area contributed by atoms with E-state index in [1.807, 2.05) is 11.8 Å². The van der Waals surface area contributed by atoms with Crippen molar-refractivity contribution in [1.82, 2.24) is 5.32 Å². The lowest BCUT2D eigenvalue weighted by Gasteiger charge is -2.33. The lowest BCUT2D eigenvalue weighted by molar-refractivity contribution is -0.123. The third kappa shape index (κ3) is 4.35. The van der Waals surface area contributed by atoms with Gasteiger partial charge in [-0.25, -0.2) is 0 Å². The molecule has 2 fully saturated rings.